The Hall–Kier alpha value is -1.59. The van der Waals surface area contributed by atoms with E-state index in [0.717, 1.165) is 11.1 Å². The summed E-state index contributed by atoms with van der Waals surface area (Å²) >= 11 is 0. The fourth-order valence-corrected chi connectivity index (χ4v) is 1.27. The molecule has 2 amide bonds. The molecule has 0 aliphatic heterocycles. The van der Waals surface area contributed by atoms with Crippen LogP contribution >= 0.6 is 0 Å². The average Bonchev–Trinajstić information content (AvgIpc) is 2.37. The molecule has 94 valence electrons. The van der Waals surface area contributed by atoms with Crippen LogP contribution in [0.4, 0.5) is 4.79 Å². The fourth-order valence-electron chi connectivity index (χ4n) is 1.27. The average molecular weight is 238 g/mol. The zero-order valence-corrected chi connectivity index (χ0v) is 9.90. The minimum atomic E-state index is -0.215. The summed E-state index contributed by atoms with van der Waals surface area (Å²) in [5, 5.41) is 14.3. The van der Waals surface area contributed by atoms with Crippen LogP contribution in [0.5, 0.6) is 0 Å². The van der Waals surface area contributed by atoms with Gasteiger partial charge in [-0.1, -0.05) is 24.3 Å². The Morgan fingerprint density at radius 2 is 1.88 bits per heavy atom. The van der Waals surface area contributed by atoms with E-state index in [1.54, 1.807) is 7.11 Å². The number of benzene rings is 1. The van der Waals surface area contributed by atoms with Gasteiger partial charge in [0.15, 0.2) is 0 Å². The maximum Gasteiger partial charge on any atom is 0.315 e. The molecule has 0 aliphatic carbocycles. The largest absolute Gasteiger partial charge is 0.392 e. The standard InChI is InChI=1S/C12H18N2O3/c1-17-7-6-13-12(16)14-8-10-2-4-11(9-15)5-3-10/h2-5,15H,6-9H2,1H3,(H2,13,14,16). The van der Waals surface area contributed by atoms with Crippen molar-refractivity contribution in [2.45, 2.75) is 13.2 Å². The molecule has 1 aromatic rings. The predicted octanol–water partition coefficient (Wildman–Crippen LogP) is 0.624. The summed E-state index contributed by atoms with van der Waals surface area (Å²) < 4.78 is 4.81. The van der Waals surface area contributed by atoms with Gasteiger partial charge in [0, 0.05) is 20.2 Å². The number of hydrogen-bond donors (Lipinski definition) is 3. The third-order valence-corrected chi connectivity index (χ3v) is 2.25. The highest BCUT2D eigenvalue weighted by Crippen LogP contribution is 2.03. The second-order valence-electron chi connectivity index (χ2n) is 3.58. The number of ether oxygens (including phenoxy) is 1. The summed E-state index contributed by atoms with van der Waals surface area (Å²) in [7, 11) is 1.59. The number of methoxy groups -OCH3 is 1. The van der Waals surface area contributed by atoms with Crippen LogP contribution < -0.4 is 10.6 Å². The second-order valence-corrected chi connectivity index (χ2v) is 3.58. The molecule has 17 heavy (non-hydrogen) atoms. The first-order valence-corrected chi connectivity index (χ1v) is 5.45. The summed E-state index contributed by atoms with van der Waals surface area (Å²) in [6, 6.07) is 7.20. The lowest BCUT2D eigenvalue weighted by Crippen LogP contribution is -2.36. The smallest absolute Gasteiger partial charge is 0.315 e. The predicted molar refractivity (Wildman–Crippen MR) is 64.5 cm³/mol. The SMILES string of the molecule is COCCNC(=O)NCc1ccc(CO)cc1. The minimum absolute atomic E-state index is 0.0329. The maximum absolute atomic E-state index is 11.3. The Kier molecular flexibility index (Phi) is 6.06. The first-order valence-electron chi connectivity index (χ1n) is 5.45. The Morgan fingerprint density at radius 3 is 2.47 bits per heavy atom. The van der Waals surface area contributed by atoms with Crippen molar-refractivity contribution in [1.82, 2.24) is 10.6 Å². The van der Waals surface area contributed by atoms with Crippen LogP contribution in [0.25, 0.3) is 0 Å². The van der Waals surface area contributed by atoms with Crippen LogP contribution in [-0.4, -0.2) is 31.4 Å². The lowest BCUT2D eigenvalue weighted by atomic mass is 10.1. The van der Waals surface area contributed by atoms with E-state index in [4.69, 9.17) is 9.84 Å². The van der Waals surface area contributed by atoms with Crippen molar-refractivity contribution in [1.29, 1.82) is 0 Å². The van der Waals surface area contributed by atoms with Gasteiger partial charge in [-0.25, -0.2) is 4.79 Å². The Morgan fingerprint density at radius 1 is 1.24 bits per heavy atom. The van der Waals surface area contributed by atoms with Gasteiger partial charge in [-0.05, 0) is 11.1 Å². The molecular formula is C12H18N2O3. The highest BCUT2D eigenvalue weighted by molar-refractivity contribution is 5.73. The number of aliphatic hydroxyl groups is 1. The van der Waals surface area contributed by atoms with Crippen LogP contribution in [-0.2, 0) is 17.9 Å². The zero-order chi connectivity index (χ0) is 12.5. The Bertz CT molecular complexity index is 338. The van der Waals surface area contributed by atoms with E-state index in [1.165, 1.54) is 0 Å². The third-order valence-electron chi connectivity index (χ3n) is 2.25. The van der Waals surface area contributed by atoms with Crippen molar-refractivity contribution in [3.63, 3.8) is 0 Å². The molecule has 0 bridgehead atoms. The summed E-state index contributed by atoms with van der Waals surface area (Å²) in [5.41, 5.74) is 1.85. The minimum Gasteiger partial charge on any atom is -0.392 e. The highest BCUT2D eigenvalue weighted by atomic mass is 16.5. The number of amides is 2. The lowest BCUT2D eigenvalue weighted by molar-refractivity contribution is 0.196. The number of carbonyl (C=O) groups excluding carboxylic acids is 1. The number of hydrogen-bond acceptors (Lipinski definition) is 3. The molecule has 5 nitrogen and oxygen atoms in total. The van der Waals surface area contributed by atoms with Gasteiger partial charge in [-0.2, -0.15) is 0 Å². The molecule has 0 atom stereocenters. The quantitative estimate of drug-likeness (QED) is 0.636. The molecule has 0 saturated heterocycles. The number of aliphatic hydroxyl groups excluding tert-OH is 1. The van der Waals surface area contributed by atoms with Gasteiger partial charge in [0.05, 0.1) is 13.2 Å². The van der Waals surface area contributed by atoms with Gasteiger partial charge in [-0.3, -0.25) is 0 Å². The summed E-state index contributed by atoms with van der Waals surface area (Å²) in [4.78, 5) is 11.3. The van der Waals surface area contributed by atoms with Gasteiger partial charge in [0.2, 0.25) is 0 Å². The lowest BCUT2D eigenvalue weighted by Gasteiger charge is -2.07. The Labute approximate surface area is 101 Å². The Balaban J connectivity index is 2.27. The maximum atomic E-state index is 11.3. The molecule has 1 aromatic carbocycles. The van der Waals surface area contributed by atoms with E-state index in [0.29, 0.717) is 19.7 Å². The van der Waals surface area contributed by atoms with Gasteiger partial charge >= 0.3 is 6.03 Å². The number of urea groups is 1. The molecule has 0 unspecified atom stereocenters. The highest BCUT2D eigenvalue weighted by Gasteiger charge is 1.99. The van der Waals surface area contributed by atoms with Crippen molar-refractivity contribution in [2.75, 3.05) is 20.3 Å². The van der Waals surface area contributed by atoms with Crippen LogP contribution in [0.15, 0.2) is 24.3 Å². The van der Waals surface area contributed by atoms with E-state index >= 15 is 0 Å². The summed E-state index contributed by atoms with van der Waals surface area (Å²) in [6.07, 6.45) is 0. The fraction of sp³-hybridized carbons (Fsp3) is 0.417. The number of nitrogens with one attached hydrogen (secondary N) is 2. The van der Waals surface area contributed by atoms with Crippen molar-refractivity contribution in [3.8, 4) is 0 Å². The van der Waals surface area contributed by atoms with Gasteiger partial charge in [0.25, 0.3) is 0 Å². The molecule has 0 aromatic heterocycles. The van der Waals surface area contributed by atoms with Crippen LogP contribution in [0.3, 0.4) is 0 Å². The molecule has 0 fully saturated rings. The van der Waals surface area contributed by atoms with Crippen LogP contribution in [0.1, 0.15) is 11.1 Å². The third kappa shape index (κ3) is 5.33. The molecule has 0 radical (unpaired) electrons. The van der Waals surface area contributed by atoms with E-state index in [9.17, 15) is 4.79 Å². The van der Waals surface area contributed by atoms with Crippen LogP contribution in [0.2, 0.25) is 0 Å². The number of rotatable bonds is 6. The normalized spacial score (nSPS) is 10.0. The van der Waals surface area contributed by atoms with E-state index < -0.39 is 0 Å². The molecule has 0 aliphatic rings. The van der Waals surface area contributed by atoms with E-state index in [-0.39, 0.29) is 12.6 Å². The summed E-state index contributed by atoms with van der Waals surface area (Å²) in [5.74, 6) is 0. The second kappa shape index (κ2) is 7.65. The van der Waals surface area contributed by atoms with Gasteiger partial charge in [0.1, 0.15) is 0 Å². The van der Waals surface area contributed by atoms with E-state index in [2.05, 4.69) is 10.6 Å². The molecule has 0 heterocycles. The monoisotopic (exact) mass is 238 g/mol. The molecule has 0 saturated carbocycles. The van der Waals surface area contributed by atoms with E-state index in [1.807, 2.05) is 24.3 Å². The molecular weight excluding hydrogens is 220 g/mol. The molecule has 5 heteroatoms. The van der Waals surface area contributed by atoms with Crippen LogP contribution in [0, 0.1) is 0 Å². The zero-order valence-electron chi connectivity index (χ0n) is 9.90. The van der Waals surface area contributed by atoms with Gasteiger partial charge in [-0.15, -0.1) is 0 Å². The van der Waals surface area contributed by atoms with Crippen molar-refractivity contribution >= 4 is 6.03 Å². The van der Waals surface area contributed by atoms with Gasteiger partial charge < -0.3 is 20.5 Å². The van der Waals surface area contributed by atoms with Crippen molar-refractivity contribution in [2.24, 2.45) is 0 Å². The van der Waals surface area contributed by atoms with Crippen molar-refractivity contribution < 1.29 is 14.6 Å². The first kappa shape index (κ1) is 13.5. The molecule has 3 N–H and O–H groups in total. The number of carbonyl (C=O) groups is 1. The topological polar surface area (TPSA) is 70.6 Å². The van der Waals surface area contributed by atoms with Crippen molar-refractivity contribution in [3.05, 3.63) is 35.4 Å². The molecule has 1 rings (SSSR count). The molecule has 0 spiro atoms. The summed E-state index contributed by atoms with van der Waals surface area (Å²) in [6.45, 7) is 1.49. The first-order chi connectivity index (χ1) is 8.26.